The van der Waals surface area contributed by atoms with E-state index in [2.05, 4.69) is 21.0 Å². The molecule has 0 aliphatic rings. The minimum Gasteiger partial charge on any atom is -0.294 e. The maximum Gasteiger partial charge on any atom is 0.419 e. The molecule has 0 atom stereocenters. The van der Waals surface area contributed by atoms with Gasteiger partial charge in [0.2, 0.25) is 0 Å². The van der Waals surface area contributed by atoms with Crippen molar-refractivity contribution in [3.63, 3.8) is 0 Å². The fraction of sp³-hybridized carbons (Fsp3) is 0.167. The molecule has 1 aromatic carbocycles. The van der Waals surface area contributed by atoms with E-state index in [1.807, 2.05) is 0 Å². The highest BCUT2D eigenvalue weighted by Gasteiger charge is 2.32. The van der Waals surface area contributed by atoms with Crippen molar-refractivity contribution in [1.82, 2.24) is 9.78 Å². The molecule has 7 heteroatoms. The predicted octanol–water partition coefficient (Wildman–Crippen LogP) is 3.86. The topological polar surface area (TPSA) is 34.9 Å². The second-order valence-corrected chi connectivity index (χ2v) is 4.80. The Morgan fingerprint density at radius 3 is 2.58 bits per heavy atom. The average Bonchev–Trinajstić information content (AvgIpc) is 2.77. The molecule has 0 N–H and O–H groups in total. The summed E-state index contributed by atoms with van der Waals surface area (Å²) in [7, 11) is 0. The second kappa shape index (κ2) is 4.80. The fourth-order valence-electron chi connectivity index (χ4n) is 1.59. The van der Waals surface area contributed by atoms with Crippen LogP contribution in [0.15, 0.2) is 35.1 Å². The third kappa shape index (κ3) is 2.86. The molecule has 1 aromatic heterocycles. The molecule has 2 aromatic rings. The van der Waals surface area contributed by atoms with Gasteiger partial charge < -0.3 is 0 Å². The van der Waals surface area contributed by atoms with E-state index in [1.54, 1.807) is 12.1 Å². The van der Waals surface area contributed by atoms with Crippen molar-refractivity contribution in [2.45, 2.75) is 13.1 Å². The molecule has 0 saturated heterocycles. The molecule has 1 heterocycles. The van der Waals surface area contributed by atoms with Crippen LogP contribution in [0.2, 0.25) is 0 Å². The van der Waals surface area contributed by atoms with Crippen LogP contribution in [0.5, 0.6) is 0 Å². The van der Waals surface area contributed by atoms with Gasteiger partial charge in [-0.15, -0.1) is 0 Å². The summed E-state index contributed by atoms with van der Waals surface area (Å²) in [5.74, 6) is -0.244. The van der Waals surface area contributed by atoms with Crippen molar-refractivity contribution in [3.8, 4) is 5.69 Å². The number of benzene rings is 1. The minimum absolute atomic E-state index is 0.244. The van der Waals surface area contributed by atoms with Crippen LogP contribution in [0.25, 0.3) is 5.69 Å². The van der Waals surface area contributed by atoms with Crippen LogP contribution in [0.3, 0.4) is 0 Å². The molecular weight excluding hydrogens is 325 g/mol. The molecule has 3 nitrogen and oxygen atoms in total. The van der Waals surface area contributed by atoms with E-state index in [4.69, 9.17) is 0 Å². The molecule has 0 aliphatic carbocycles. The van der Waals surface area contributed by atoms with Gasteiger partial charge in [-0.1, -0.05) is 15.9 Å². The van der Waals surface area contributed by atoms with Crippen molar-refractivity contribution in [1.29, 1.82) is 0 Å². The molecule has 100 valence electrons. The Bertz CT molecular complexity index is 634. The summed E-state index contributed by atoms with van der Waals surface area (Å²) in [5, 5.41) is 3.66. The number of carbonyl (C=O) groups excluding carboxylic acids is 1. The summed E-state index contributed by atoms with van der Waals surface area (Å²) in [4.78, 5) is 11.5. The maximum absolute atomic E-state index is 12.5. The molecule has 0 saturated carbocycles. The molecule has 19 heavy (non-hydrogen) atoms. The van der Waals surface area contributed by atoms with Gasteiger partial charge in [0, 0.05) is 16.2 Å². The number of carbonyl (C=O) groups is 1. The van der Waals surface area contributed by atoms with E-state index < -0.39 is 11.7 Å². The lowest BCUT2D eigenvalue weighted by atomic mass is 10.1. The van der Waals surface area contributed by atoms with Gasteiger partial charge in [0.1, 0.15) is 0 Å². The van der Waals surface area contributed by atoms with Crippen LogP contribution in [-0.2, 0) is 6.18 Å². The number of nitrogens with zero attached hydrogens (tertiary/aromatic N) is 2. The molecular formula is C12H8BrF3N2O. The first kappa shape index (κ1) is 13.8. The Morgan fingerprint density at radius 2 is 2.05 bits per heavy atom. The van der Waals surface area contributed by atoms with Crippen molar-refractivity contribution >= 4 is 21.7 Å². The molecule has 0 bridgehead atoms. The Kier molecular flexibility index (Phi) is 3.49. The minimum atomic E-state index is -4.46. The van der Waals surface area contributed by atoms with Gasteiger partial charge in [0.15, 0.2) is 5.78 Å². The van der Waals surface area contributed by atoms with Crippen LogP contribution in [0, 0.1) is 0 Å². The Labute approximate surface area is 115 Å². The summed E-state index contributed by atoms with van der Waals surface area (Å²) in [6, 6.07) is 4.73. The highest BCUT2D eigenvalue weighted by atomic mass is 79.9. The zero-order valence-electron chi connectivity index (χ0n) is 9.70. The van der Waals surface area contributed by atoms with Crippen LogP contribution in [0.4, 0.5) is 13.2 Å². The predicted molar refractivity (Wildman–Crippen MR) is 66.3 cm³/mol. The lowest BCUT2D eigenvalue weighted by Gasteiger charge is -2.07. The fourth-order valence-corrected chi connectivity index (χ4v) is 1.94. The first-order valence-electron chi connectivity index (χ1n) is 5.22. The van der Waals surface area contributed by atoms with Gasteiger partial charge in [0.05, 0.1) is 17.4 Å². The summed E-state index contributed by atoms with van der Waals surface area (Å²) in [6.45, 7) is 1.35. The van der Waals surface area contributed by atoms with Crippen LogP contribution >= 0.6 is 15.9 Å². The number of hydrogen-bond acceptors (Lipinski definition) is 2. The van der Waals surface area contributed by atoms with Gasteiger partial charge >= 0.3 is 6.18 Å². The van der Waals surface area contributed by atoms with Gasteiger partial charge in [-0.05, 0) is 25.1 Å². The van der Waals surface area contributed by atoms with Crippen LogP contribution < -0.4 is 0 Å². The first-order valence-corrected chi connectivity index (χ1v) is 6.01. The molecule has 0 fully saturated rings. The maximum atomic E-state index is 12.5. The SMILES string of the molecule is CC(=O)c1ccc(Br)cc1-n1cc(C(F)(F)F)cn1. The van der Waals surface area contributed by atoms with Crippen molar-refractivity contribution in [2.24, 2.45) is 0 Å². The normalized spacial score (nSPS) is 11.6. The van der Waals surface area contributed by atoms with Gasteiger partial charge in [-0.3, -0.25) is 4.79 Å². The number of rotatable bonds is 2. The number of halogens is 4. The zero-order valence-corrected chi connectivity index (χ0v) is 11.3. The van der Waals surface area contributed by atoms with Gasteiger partial charge in [-0.25, -0.2) is 4.68 Å². The molecule has 0 radical (unpaired) electrons. The van der Waals surface area contributed by atoms with E-state index >= 15 is 0 Å². The van der Waals surface area contributed by atoms with E-state index in [0.29, 0.717) is 15.7 Å². The second-order valence-electron chi connectivity index (χ2n) is 3.89. The van der Waals surface area contributed by atoms with Crippen LogP contribution in [-0.4, -0.2) is 15.6 Å². The third-order valence-corrected chi connectivity index (χ3v) is 2.99. The number of alkyl halides is 3. The van der Waals surface area contributed by atoms with Crippen LogP contribution in [0.1, 0.15) is 22.8 Å². The molecule has 0 unspecified atom stereocenters. The number of ketones is 1. The van der Waals surface area contributed by atoms with Gasteiger partial charge in [-0.2, -0.15) is 18.3 Å². The Balaban J connectivity index is 2.55. The van der Waals surface area contributed by atoms with Crippen molar-refractivity contribution in [3.05, 3.63) is 46.2 Å². The quantitative estimate of drug-likeness (QED) is 0.783. The molecule has 0 spiro atoms. The van der Waals surface area contributed by atoms with E-state index in [0.717, 1.165) is 17.1 Å². The zero-order chi connectivity index (χ0) is 14.2. The van der Waals surface area contributed by atoms with Crippen molar-refractivity contribution in [2.75, 3.05) is 0 Å². The van der Waals surface area contributed by atoms with E-state index in [1.165, 1.54) is 13.0 Å². The smallest absolute Gasteiger partial charge is 0.294 e. The van der Waals surface area contributed by atoms with Gasteiger partial charge in [0.25, 0.3) is 0 Å². The lowest BCUT2D eigenvalue weighted by molar-refractivity contribution is -0.137. The largest absolute Gasteiger partial charge is 0.419 e. The average molecular weight is 333 g/mol. The van der Waals surface area contributed by atoms with E-state index in [9.17, 15) is 18.0 Å². The highest BCUT2D eigenvalue weighted by molar-refractivity contribution is 9.10. The molecule has 0 aliphatic heterocycles. The highest BCUT2D eigenvalue weighted by Crippen LogP contribution is 2.30. The Hall–Kier alpha value is -1.63. The molecule has 2 rings (SSSR count). The summed E-state index contributed by atoms with van der Waals surface area (Å²) in [6.07, 6.45) is -2.88. The molecule has 0 amide bonds. The summed E-state index contributed by atoms with van der Waals surface area (Å²) < 4.78 is 39.3. The van der Waals surface area contributed by atoms with E-state index in [-0.39, 0.29) is 5.78 Å². The number of Topliss-reactive ketones (excluding diaryl/α,β-unsaturated/α-hetero) is 1. The summed E-state index contributed by atoms with van der Waals surface area (Å²) >= 11 is 3.21. The Morgan fingerprint density at radius 1 is 1.37 bits per heavy atom. The monoisotopic (exact) mass is 332 g/mol. The third-order valence-electron chi connectivity index (χ3n) is 2.50. The lowest BCUT2D eigenvalue weighted by Crippen LogP contribution is -2.05. The first-order chi connectivity index (χ1) is 8.79. The number of hydrogen-bond donors (Lipinski definition) is 0. The number of aromatic nitrogens is 2. The van der Waals surface area contributed by atoms with Crippen molar-refractivity contribution < 1.29 is 18.0 Å². The summed E-state index contributed by atoms with van der Waals surface area (Å²) in [5.41, 5.74) is -0.251. The standard InChI is InChI=1S/C12H8BrF3N2O/c1-7(19)10-3-2-9(13)4-11(10)18-6-8(5-17-18)12(14,15)16/h2-6H,1H3.